The number of carbonyl (C=O) groups excluding carboxylic acids is 3. The van der Waals surface area contributed by atoms with Crippen LogP contribution in [0.2, 0.25) is 10.0 Å². The van der Waals surface area contributed by atoms with Gasteiger partial charge in [-0.05, 0) is 43.9 Å². The van der Waals surface area contributed by atoms with E-state index < -0.39 is 29.6 Å². The molecule has 3 heterocycles. The number of halogens is 2. The molecule has 2 N–H and O–H groups in total. The maximum atomic E-state index is 14.2. The van der Waals surface area contributed by atoms with Crippen LogP contribution in [0.1, 0.15) is 64.2 Å². The number of anilines is 1. The molecule has 3 aliphatic heterocycles. The predicted octanol–water partition coefficient (Wildman–Crippen LogP) is 4.86. The number of rotatable bonds is 5. The van der Waals surface area contributed by atoms with E-state index in [1.54, 1.807) is 23.1 Å². The second-order valence-corrected chi connectivity index (χ2v) is 12.0. The SMILES string of the molecule is O=C(Nc1ccc(Cl)c(Cl)c1)[C@H]1[C@@H]2C=C[C@]3(O2)[C@@H]1C(=O)N(C1CCCCC1)[C@H]3C(=O)NC1CCCCC1. The van der Waals surface area contributed by atoms with Crippen molar-refractivity contribution in [3.63, 3.8) is 0 Å². The van der Waals surface area contributed by atoms with Crippen LogP contribution < -0.4 is 10.6 Å². The smallest absolute Gasteiger partial charge is 0.246 e. The Balaban J connectivity index is 1.31. The largest absolute Gasteiger partial charge is 0.359 e. The second kappa shape index (κ2) is 9.90. The van der Waals surface area contributed by atoms with Crippen LogP contribution in [0.25, 0.3) is 0 Å². The summed E-state index contributed by atoms with van der Waals surface area (Å²) in [4.78, 5) is 43.5. The van der Waals surface area contributed by atoms with Crippen LogP contribution in [0.5, 0.6) is 0 Å². The highest BCUT2D eigenvalue weighted by Gasteiger charge is 2.73. The Morgan fingerprint density at radius 2 is 1.65 bits per heavy atom. The van der Waals surface area contributed by atoms with Gasteiger partial charge in [0.1, 0.15) is 11.6 Å². The molecule has 1 aromatic carbocycles. The molecule has 7 nitrogen and oxygen atoms in total. The van der Waals surface area contributed by atoms with Crippen molar-refractivity contribution in [1.29, 1.82) is 0 Å². The Morgan fingerprint density at radius 3 is 2.35 bits per heavy atom. The number of hydrogen-bond acceptors (Lipinski definition) is 4. The van der Waals surface area contributed by atoms with Gasteiger partial charge < -0.3 is 20.3 Å². The topological polar surface area (TPSA) is 87.7 Å². The van der Waals surface area contributed by atoms with E-state index >= 15 is 0 Å². The van der Waals surface area contributed by atoms with Crippen molar-refractivity contribution in [3.8, 4) is 0 Å². The molecule has 0 aromatic heterocycles. The van der Waals surface area contributed by atoms with Crippen LogP contribution in [0.3, 0.4) is 0 Å². The van der Waals surface area contributed by atoms with Gasteiger partial charge in [-0.15, -0.1) is 0 Å². The van der Waals surface area contributed by atoms with Crippen LogP contribution in [0.4, 0.5) is 5.69 Å². The fourth-order valence-electron chi connectivity index (χ4n) is 7.29. The molecule has 1 spiro atoms. The van der Waals surface area contributed by atoms with Crippen molar-refractivity contribution < 1.29 is 19.1 Å². The number of hydrogen-bond donors (Lipinski definition) is 2. The van der Waals surface area contributed by atoms with Gasteiger partial charge in [-0.25, -0.2) is 0 Å². The van der Waals surface area contributed by atoms with E-state index in [0.29, 0.717) is 15.7 Å². The van der Waals surface area contributed by atoms with Crippen LogP contribution in [0, 0.1) is 11.8 Å². The van der Waals surface area contributed by atoms with Crippen molar-refractivity contribution >= 4 is 46.6 Å². The molecule has 4 fully saturated rings. The highest BCUT2D eigenvalue weighted by atomic mass is 35.5. The molecule has 2 saturated heterocycles. The third-order valence-electron chi connectivity index (χ3n) is 8.97. The monoisotopic (exact) mass is 545 g/mol. The molecule has 198 valence electrons. The van der Waals surface area contributed by atoms with E-state index in [2.05, 4.69) is 10.6 Å². The van der Waals surface area contributed by atoms with E-state index in [1.807, 2.05) is 12.2 Å². The predicted molar refractivity (Wildman–Crippen MR) is 141 cm³/mol. The maximum Gasteiger partial charge on any atom is 0.246 e. The number of likely N-dealkylation sites (tertiary alicyclic amines) is 1. The highest BCUT2D eigenvalue weighted by Crippen LogP contribution is 2.56. The van der Waals surface area contributed by atoms with Gasteiger partial charge in [0.15, 0.2) is 0 Å². The molecule has 9 heteroatoms. The number of nitrogens with one attached hydrogen (secondary N) is 2. The van der Waals surface area contributed by atoms with Crippen molar-refractivity contribution in [3.05, 3.63) is 40.4 Å². The lowest BCUT2D eigenvalue weighted by molar-refractivity contribution is -0.144. The van der Waals surface area contributed by atoms with Gasteiger partial charge in [0.25, 0.3) is 0 Å². The first-order valence-corrected chi connectivity index (χ1v) is 14.4. The zero-order chi connectivity index (χ0) is 25.7. The Bertz CT molecular complexity index is 1130. The number of carbonyl (C=O) groups is 3. The Labute approximate surface area is 227 Å². The quantitative estimate of drug-likeness (QED) is 0.517. The van der Waals surface area contributed by atoms with Gasteiger partial charge in [0, 0.05) is 17.8 Å². The third kappa shape index (κ3) is 4.27. The second-order valence-electron chi connectivity index (χ2n) is 11.2. The molecule has 37 heavy (non-hydrogen) atoms. The summed E-state index contributed by atoms with van der Waals surface area (Å²) in [6, 6.07) is 4.23. The third-order valence-corrected chi connectivity index (χ3v) is 9.71. The minimum absolute atomic E-state index is 0.0156. The van der Waals surface area contributed by atoms with Gasteiger partial charge in [-0.2, -0.15) is 0 Å². The molecule has 2 aliphatic carbocycles. The van der Waals surface area contributed by atoms with Crippen LogP contribution >= 0.6 is 23.2 Å². The van der Waals surface area contributed by atoms with Crippen molar-refractivity contribution in [2.45, 2.75) is 94.0 Å². The van der Waals surface area contributed by atoms with Gasteiger partial charge >= 0.3 is 0 Å². The zero-order valence-electron chi connectivity index (χ0n) is 20.8. The first kappa shape index (κ1) is 25.2. The molecule has 5 atom stereocenters. The average molecular weight is 546 g/mol. The Morgan fingerprint density at radius 1 is 0.946 bits per heavy atom. The molecule has 0 unspecified atom stereocenters. The first-order valence-electron chi connectivity index (χ1n) is 13.6. The lowest BCUT2D eigenvalue weighted by Crippen LogP contribution is -2.58. The molecule has 5 aliphatic rings. The molecular formula is C28H33Cl2N3O4. The summed E-state index contributed by atoms with van der Waals surface area (Å²) in [5.74, 6) is -2.08. The minimum Gasteiger partial charge on any atom is -0.359 e. The summed E-state index contributed by atoms with van der Waals surface area (Å²) < 4.78 is 6.47. The highest BCUT2D eigenvalue weighted by molar-refractivity contribution is 6.42. The van der Waals surface area contributed by atoms with Crippen LogP contribution in [0.15, 0.2) is 30.4 Å². The molecule has 0 radical (unpaired) electrons. The summed E-state index contributed by atoms with van der Waals surface area (Å²) in [6.07, 6.45) is 13.4. The van der Waals surface area contributed by atoms with Gasteiger partial charge in [0.05, 0.1) is 28.0 Å². The maximum absolute atomic E-state index is 14.2. The normalized spacial score (nSPS) is 33.6. The van der Waals surface area contributed by atoms with Crippen molar-refractivity contribution in [2.24, 2.45) is 11.8 Å². The summed E-state index contributed by atoms with van der Waals surface area (Å²) in [6.45, 7) is 0. The standard InChI is InChI=1S/C28H33Cl2N3O4/c29-19-12-11-17(15-20(19)30)32-25(34)22-21-13-14-28(37-21)23(22)27(36)33(18-9-5-2-6-10-18)24(28)26(35)31-16-7-3-1-4-8-16/h11-16,18,21-24H,1-10H2,(H,31,35)(H,32,34)/t21-,22-,23-,24-,28-/m0/s1. The lowest BCUT2D eigenvalue weighted by atomic mass is 9.74. The molecular weight excluding hydrogens is 513 g/mol. The number of fused-ring (bicyclic) bond motifs is 1. The van der Waals surface area contributed by atoms with Crippen molar-refractivity contribution in [1.82, 2.24) is 10.2 Å². The fourth-order valence-corrected chi connectivity index (χ4v) is 7.58. The molecule has 2 saturated carbocycles. The zero-order valence-corrected chi connectivity index (χ0v) is 22.3. The average Bonchev–Trinajstić information content (AvgIpc) is 3.54. The number of ether oxygens (including phenoxy) is 1. The van der Waals surface area contributed by atoms with Crippen molar-refractivity contribution in [2.75, 3.05) is 5.32 Å². The van der Waals surface area contributed by atoms with E-state index in [1.165, 1.54) is 6.42 Å². The summed E-state index contributed by atoms with van der Waals surface area (Å²) >= 11 is 12.2. The van der Waals surface area contributed by atoms with Gasteiger partial charge in [-0.1, -0.05) is 73.9 Å². The Kier molecular flexibility index (Phi) is 6.74. The molecule has 3 amide bonds. The molecule has 1 aromatic rings. The molecule has 2 bridgehead atoms. The van der Waals surface area contributed by atoms with E-state index in [0.717, 1.165) is 57.8 Å². The van der Waals surface area contributed by atoms with Crippen LogP contribution in [-0.4, -0.2) is 52.5 Å². The summed E-state index contributed by atoms with van der Waals surface area (Å²) in [5, 5.41) is 6.89. The summed E-state index contributed by atoms with van der Waals surface area (Å²) in [5.41, 5.74) is -0.626. The molecule has 6 rings (SSSR count). The van der Waals surface area contributed by atoms with Crippen LogP contribution in [-0.2, 0) is 19.1 Å². The first-order chi connectivity index (χ1) is 17.9. The fraction of sp³-hybridized carbons (Fsp3) is 0.607. The summed E-state index contributed by atoms with van der Waals surface area (Å²) in [7, 11) is 0. The minimum atomic E-state index is -1.13. The van der Waals surface area contributed by atoms with E-state index in [9.17, 15) is 14.4 Å². The van der Waals surface area contributed by atoms with Gasteiger partial charge in [-0.3, -0.25) is 14.4 Å². The number of nitrogens with zero attached hydrogens (tertiary/aromatic N) is 1. The van der Waals surface area contributed by atoms with E-state index in [-0.39, 0.29) is 29.8 Å². The van der Waals surface area contributed by atoms with E-state index in [4.69, 9.17) is 27.9 Å². The Hall–Kier alpha value is -2.09. The number of amides is 3. The van der Waals surface area contributed by atoms with Gasteiger partial charge in [0.2, 0.25) is 17.7 Å². The lowest BCUT2D eigenvalue weighted by Gasteiger charge is -2.39. The number of benzene rings is 1.